The molecule has 2 aromatic rings. The van der Waals surface area contributed by atoms with Crippen molar-refractivity contribution in [1.82, 2.24) is 0 Å². The first-order valence-corrected chi connectivity index (χ1v) is 7.72. The first-order valence-electron chi connectivity index (χ1n) is 6.93. The normalized spacial score (nSPS) is 12.2. The van der Waals surface area contributed by atoms with E-state index in [2.05, 4.69) is 83.3 Å². The van der Waals surface area contributed by atoms with Gasteiger partial charge in [0.2, 0.25) is 0 Å². The number of likely N-dealkylation sites (N-methyl/N-ethyl adjacent to an activating group) is 1. The van der Waals surface area contributed by atoms with Crippen LogP contribution in [-0.4, -0.2) is 13.6 Å². The minimum atomic E-state index is 0.190. The Hall–Kier alpha value is -1.32. The van der Waals surface area contributed by atoms with Crippen molar-refractivity contribution < 1.29 is 0 Å². The van der Waals surface area contributed by atoms with Crippen LogP contribution in [0.15, 0.2) is 53.0 Å². The van der Waals surface area contributed by atoms with Crippen molar-refractivity contribution in [2.75, 3.05) is 18.5 Å². The largest absolute Gasteiger partial charge is 0.366 e. The molecule has 2 N–H and O–H groups in total. The van der Waals surface area contributed by atoms with Gasteiger partial charge in [-0.1, -0.05) is 47.1 Å². The van der Waals surface area contributed by atoms with Gasteiger partial charge in [-0.05, 0) is 41.8 Å². The predicted molar refractivity (Wildman–Crippen MR) is 90.2 cm³/mol. The average molecular weight is 333 g/mol. The maximum absolute atomic E-state index is 5.98. The van der Waals surface area contributed by atoms with Crippen LogP contribution in [0.2, 0.25) is 0 Å². The van der Waals surface area contributed by atoms with E-state index in [-0.39, 0.29) is 6.04 Å². The lowest BCUT2D eigenvalue weighted by atomic mass is 10.0. The summed E-state index contributed by atoms with van der Waals surface area (Å²) in [5.41, 5.74) is 9.77. The van der Waals surface area contributed by atoms with E-state index in [9.17, 15) is 0 Å². The van der Waals surface area contributed by atoms with Gasteiger partial charge in [0.15, 0.2) is 0 Å². The first-order chi connectivity index (χ1) is 9.65. The van der Waals surface area contributed by atoms with Gasteiger partial charge >= 0.3 is 0 Å². The summed E-state index contributed by atoms with van der Waals surface area (Å²) in [5.74, 6) is 0. The van der Waals surface area contributed by atoms with Crippen LogP contribution in [0, 0.1) is 0 Å². The molecule has 20 heavy (non-hydrogen) atoms. The summed E-state index contributed by atoms with van der Waals surface area (Å²) in [6, 6.07) is 17.3. The van der Waals surface area contributed by atoms with E-state index in [1.54, 1.807) is 0 Å². The number of aryl methyl sites for hydroxylation is 1. The monoisotopic (exact) mass is 332 g/mol. The van der Waals surface area contributed by atoms with Gasteiger partial charge in [-0.2, -0.15) is 0 Å². The standard InChI is InChI=1S/C17H21BrN2/c1-3-13-4-10-16(11-5-13)20(2)17(12-19)14-6-8-15(18)9-7-14/h4-11,17H,3,12,19H2,1-2H3. The summed E-state index contributed by atoms with van der Waals surface area (Å²) in [6.07, 6.45) is 1.07. The molecule has 0 saturated carbocycles. The molecule has 106 valence electrons. The van der Waals surface area contributed by atoms with Crippen LogP contribution in [0.25, 0.3) is 0 Å². The van der Waals surface area contributed by atoms with Crippen molar-refractivity contribution in [3.8, 4) is 0 Å². The topological polar surface area (TPSA) is 29.3 Å². The highest BCUT2D eigenvalue weighted by molar-refractivity contribution is 9.10. The fourth-order valence-electron chi connectivity index (χ4n) is 2.35. The average Bonchev–Trinajstić information content (AvgIpc) is 2.50. The van der Waals surface area contributed by atoms with Crippen LogP contribution in [0.5, 0.6) is 0 Å². The van der Waals surface area contributed by atoms with Gasteiger partial charge in [0.05, 0.1) is 6.04 Å². The van der Waals surface area contributed by atoms with Gasteiger partial charge in [0.25, 0.3) is 0 Å². The third kappa shape index (κ3) is 3.41. The molecule has 0 heterocycles. The van der Waals surface area contributed by atoms with Gasteiger partial charge in [-0.15, -0.1) is 0 Å². The number of hydrogen-bond donors (Lipinski definition) is 1. The summed E-state index contributed by atoms with van der Waals surface area (Å²) >= 11 is 3.47. The lowest BCUT2D eigenvalue weighted by molar-refractivity contribution is 0.680. The summed E-state index contributed by atoms with van der Waals surface area (Å²) < 4.78 is 1.09. The third-order valence-corrected chi connectivity index (χ3v) is 4.23. The van der Waals surface area contributed by atoms with Gasteiger partial charge in [-0.3, -0.25) is 0 Å². The van der Waals surface area contributed by atoms with E-state index in [0.29, 0.717) is 6.54 Å². The zero-order valence-corrected chi connectivity index (χ0v) is 13.6. The van der Waals surface area contributed by atoms with Crippen molar-refractivity contribution in [2.45, 2.75) is 19.4 Å². The van der Waals surface area contributed by atoms with E-state index < -0.39 is 0 Å². The van der Waals surface area contributed by atoms with Crippen LogP contribution in [0.3, 0.4) is 0 Å². The molecular weight excluding hydrogens is 312 g/mol. The molecule has 0 aliphatic rings. The second-order valence-corrected chi connectivity index (χ2v) is 5.85. The molecule has 0 fully saturated rings. The predicted octanol–water partition coefficient (Wildman–Crippen LogP) is 4.15. The Morgan fingerprint density at radius 3 is 2.15 bits per heavy atom. The van der Waals surface area contributed by atoms with E-state index in [1.165, 1.54) is 16.8 Å². The van der Waals surface area contributed by atoms with Crippen LogP contribution in [0.4, 0.5) is 5.69 Å². The van der Waals surface area contributed by atoms with Gasteiger partial charge in [0.1, 0.15) is 0 Å². The van der Waals surface area contributed by atoms with Crippen molar-refractivity contribution in [3.05, 3.63) is 64.1 Å². The Bertz CT molecular complexity index is 534. The number of nitrogens with zero attached hydrogens (tertiary/aromatic N) is 1. The SMILES string of the molecule is CCc1ccc(N(C)C(CN)c2ccc(Br)cc2)cc1. The Balaban J connectivity index is 2.23. The van der Waals surface area contributed by atoms with E-state index in [0.717, 1.165) is 10.9 Å². The maximum Gasteiger partial charge on any atom is 0.0661 e. The lowest BCUT2D eigenvalue weighted by Crippen LogP contribution is -2.30. The second kappa shape index (κ2) is 6.91. The summed E-state index contributed by atoms with van der Waals surface area (Å²) in [7, 11) is 2.10. The molecule has 0 saturated heterocycles. The molecule has 1 atom stereocenters. The number of rotatable bonds is 5. The van der Waals surface area contributed by atoms with Crippen molar-refractivity contribution in [3.63, 3.8) is 0 Å². The quantitative estimate of drug-likeness (QED) is 0.891. The van der Waals surface area contributed by atoms with Crippen molar-refractivity contribution in [2.24, 2.45) is 5.73 Å². The van der Waals surface area contributed by atoms with Crippen LogP contribution in [-0.2, 0) is 6.42 Å². The summed E-state index contributed by atoms with van der Waals surface area (Å²) in [5, 5.41) is 0. The van der Waals surface area contributed by atoms with E-state index in [4.69, 9.17) is 5.73 Å². The zero-order valence-electron chi connectivity index (χ0n) is 12.0. The number of hydrogen-bond acceptors (Lipinski definition) is 2. The van der Waals surface area contributed by atoms with Crippen molar-refractivity contribution >= 4 is 21.6 Å². The lowest BCUT2D eigenvalue weighted by Gasteiger charge is -2.29. The molecule has 0 aliphatic carbocycles. The minimum Gasteiger partial charge on any atom is -0.366 e. The molecule has 2 aromatic carbocycles. The minimum absolute atomic E-state index is 0.190. The number of benzene rings is 2. The van der Waals surface area contributed by atoms with Gasteiger partial charge in [-0.25, -0.2) is 0 Å². The molecule has 0 spiro atoms. The highest BCUT2D eigenvalue weighted by Gasteiger charge is 2.15. The molecule has 1 unspecified atom stereocenters. The Kier molecular flexibility index (Phi) is 5.21. The molecule has 0 bridgehead atoms. The highest BCUT2D eigenvalue weighted by Crippen LogP contribution is 2.26. The Morgan fingerprint density at radius 1 is 1.05 bits per heavy atom. The molecule has 3 heteroatoms. The Labute approximate surface area is 129 Å². The van der Waals surface area contributed by atoms with Crippen LogP contribution in [0.1, 0.15) is 24.1 Å². The smallest absolute Gasteiger partial charge is 0.0661 e. The molecule has 0 aliphatic heterocycles. The molecule has 0 radical (unpaired) electrons. The molecular formula is C17H21BrN2. The Morgan fingerprint density at radius 2 is 1.65 bits per heavy atom. The van der Waals surface area contributed by atoms with Crippen molar-refractivity contribution in [1.29, 1.82) is 0 Å². The fourth-order valence-corrected chi connectivity index (χ4v) is 2.61. The van der Waals surface area contributed by atoms with E-state index >= 15 is 0 Å². The molecule has 0 amide bonds. The second-order valence-electron chi connectivity index (χ2n) is 4.93. The fraction of sp³-hybridized carbons (Fsp3) is 0.294. The van der Waals surface area contributed by atoms with Crippen LogP contribution < -0.4 is 10.6 Å². The maximum atomic E-state index is 5.98. The van der Waals surface area contributed by atoms with E-state index in [1.807, 2.05) is 0 Å². The third-order valence-electron chi connectivity index (χ3n) is 3.70. The van der Waals surface area contributed by atoms with Gasteiger partial charge in [0, 0.05) is 23.8 Å². The van der Waals surface area contributed by atoms with Crippen LogP contribution >= 0.6 is 15.9 Å². The molecule has 0 aromatic heterocycles. The molecule has 2 nitrogen and oxygen atoms in total. The number of halogens is 1. The zero-order chi connectivity index (χ0) is 14.5. The van der Waals surface area contributed by atoms with Gasteiger partial charge < -0.3 is 10.6 Å². The first kappa shape index (κ1) is 15.1. The summed E-state index contributed by atoms with van der Waals surface area (Å²) in [6.45, 7) is 2.76. The summed E-state index contributed by atoms with van der Waals surface area (Å²) in [4.78, 5) is 2.24. The highest BCUT2D eigenvalue weighted by atomic mass is 79.9. The number of anilines is 1. The molecule has 2 rings (SSSR count). The number of nitrogens with two attached hydrogens (primary N) is 1.